The number of rotatable bonds is 4. The highest BCUT2D eigenvalue weighted by molar-refractivity contribution is 5.93. The monoisotopic (exact) mass is 507 g/mol. The van der Waals surface area contributed by atoms with Gasteiger partial charge in [0.2, 0.25) is 11.8 Å². The number of aliphatic hydroxyl groups excluding tert-OH is 1. The van der Waals surface area contributed by atoms with Crippen molar-refractivity contribution < 1.29 is 27.9 Å². The first-order valence-corrected chi connectivity index (χ1v) is 13.4. The Bertz CT molecular complexity index is 986. The lowest BCUT2D eigenvalue weighted by atomic mass is 9.78. The van der Waals surface area contributed by atoms with Crippen LogP contribution in [0.2, 0.25) is 0 Å². The molecule has 2 amide bonds. The first-order chi connectivity index (χ1) is 17.2. The maximum atomic E-state index is 14.2. The van der Waals surface area contributed by atoms with Crippen LogP contribution in [-0.4, -0.2) is 53.6 Å². The number of amides is 2. The van der Waals surface area contributed by atoms with Crippen LogP contribution in [0.3, 0.4) is 0 Å². The van der Waals surface area contributed by atoms with Gasteiger partial charge in [-0.3, -0.25) is 9.59 Å². The molecule has 2 aliphatic carbocycles. The Balaban J connectivity index is 1.34. The zero-order chi connectivity index (χ0) is 25.5. The van der Waals surface area contributed by atoms with Gasteiger partial charge in [-0.1, -0.05) is 12.8 Å². The fraction of sp³-hybridized carbons (Fsp3) is 0.704. The Morgan fingerprint density at radius 1 is 1.00 bits per heavy atom. The van der Waals surface area contributed by atoms with Gasteiger partial charge < -0.3 is 20.2 Å². The first kappa shape index (κ1) is 25.4. The van der Waals surface area contributed by atoms with Crippen LogP contribution in [0.5, 0.6) is 0 Å². The number of aliphatic hydroxyl groups is 1. The third-order valence-electron chi connectivity index (χ3n) is 8.87. The van der Waals surface area contributed by atoms with E-state index in [0.29, 0.717) is 45.2 Å². The molecule has 1 aromatic rings. The Hall–Kier alpha value is -2.29. The summed E-state index contributed by atoms with van der Waals surface area (Å²) in [5.41, 5.74) is -1.19. The SMILES string of the molecule is O=C(Nc1ccc(N2CCC[C@]3(CCN([C@H]4CC[C@H](O)CC4)C3=O)C2)c(C(F)(F)F)c1)C1CCCC1. The second-order valence-corrected chi connectivity index (χ2v) is 11.2. The zero-order valence-corrected chi connectivity index (χ0v) is 20.7. The van der Waals surface area contributed by atoms with E-state index in [0.717, 1.165) is 44.6 Å². The molecule has 0 unspecified atom stereocenters. The Morgan fingerprint density at radius 3 is 2.42 bits per heavy atom. The lowest BCUT2D eigenvalue weighted by Gasteiger charge is -2.42. The second-order valence-electron chi connectivity index (χ2n) is 11.2. The molecule has 0 aromatic heterocycles. The van der Waals surface area contributed by atoms with Crippen molar-refractivity contribution in [3.8, 4) is 0 Å². The van der Waals surface area contributed by atoms with Gasteiger partial charge in [0.15, 0.2) is 0 Å². The average Bonchev–Trinajstić information content (AvgIpc) is 3.49. The molecular formula is C27H36F3N3O3. The van der Waals surface area contributed by atoms with Gasteiger partial charge in [-0.15, -0.1) is 0 Å². The summed E-state index contributed by atoms with van der Waals surface area (Å²) < 4.78 is 42.5. The summed E-state index contributed by atoms with van der Waals surface area (Å²) in [6.45, 7) is 1.36. The normalized spacial score (nSPS) is 29.8. The fourth-order valence-corrected chi connectivity index (χ4v) is 6.83. The summed E-state index contributed by atoms with van der Waals surface area (Å²) in [6.07, 6.45) is 3.53. The molecule has 4 aliphatic rings. The van der Waals surface area contributed by atoms with Crippen LogP contribution in [0, 0.1) is 11.3 Å². The average molecular weight is 508 g/mol. The Labute approximate surface area is 210 Å². The number of halogens is 3. The summed E-state index contributed by atoms with van der Waals surface area (Å²) in [5.74, 6) is -0.288. The number of carbonyl (C=O) groups is 2. The predicted octanol–water partition coefficient (Wildman–Crippen LogP) is 4.96. The van der Waals surface area contributed by atoms with Crippen molar-refractivity contribution in [1.82, 2.24) is 4.90 Å². The highest BCUT2D eigenvalue weighted by Crippen LogP contribution is 2.46. The van der Waals surface area contributed by atoms with Crippen LogP contribution >= 0.6 is 0 Å². The van der Waals surface area contributed by atoms with E-state index in [1.54, 1.807) is 11.0 Å². The van der Waals surface area contributed by atoms with Crippen LogP contribution < -0.4 is 10.2 Å². The lowest BCUT2D eigenvalue weighted by Crippen LogP contribution is -2.50. The third kappa shape index (κ3) is 4.95. The molecule has 2 heterocycles. The number of anilines is 2. The van der Waals surface area contributed by atoms with Crippen molar-refractivity contribution in [1.29, 1.82) is 0 Å². The Morgan fingerprint density at radius 2 is 1.72 bits per heavy atom. The van der Waals surface area contributed by atoms with Crippen LogP contribution in [0.25, 0.3) is 0 Å². The second kappa shape index (κ2) is 9.88. The lowest BCUT2D eigenvalue weighted by molar-refractivity contribution is -0.139. The number of hydrogen-bond donors (Lipinski definition) is 2. The van der Waals surface area contributed by atoms with E-state index >= 15 is 0 Å². The minimum Gasteiger partial charge on any atom is -0.393 e. The number of carbonyl (C=O) groups excluding carboxylic acids is 2. The molecule has 0 bridgehead atoms. The summed E-state index contributed by atoms with van der Waals surface area (Å²) in [4.78, 5) is 29.7. The summed E-state index contributed by atoms with van der Waals surface area (Å²) in [5, 5.41) is 12.5. The number of likely N-dealkylation sites (tertiary alicyclic amines) is 1. The molecule has 198 valence electrons. The molecule has 1 atom stereocenters. The van der Waals surface area contributed by atoms with Crippen LogP contribution in [0.4, 0.5) is 24.5 Å². The van der Waals surface area contributed by atoms with Gasteiger partial charge in [0.25, 0.3) is 0 Å². The molecule has 9 heteroatoms. The highest BCUT2D eigenvalue weighted by atomic mass is 19.4. The molecule has 4 fully saturated rings. The van der Waals surface area contributed by atoms with E-state index in [-0.39, 0.29) is 47.8 Å². The number of piperidine rings is 1. The molecule has 1 aromatic carbocycles. The maximum absolute atomic E-state index is 14.2. The van der Waals surface area contributed by atoms with Crippen LogP contribution in [0.1, 0.15) is 76.2 Å². The van der Waals surface area contributed by atoms with Crippen molar-refractivity contribution in [2.45, 2.75) is 89.0 Å². The maximum Gasteiger partial charge on any atom is 0.418 e. The van der Waals surface area contributed by atoms with Crippen molar-refractivity contribution in [3.63, 3.8) is 0 Å². The van der Waals surface area contributed by atoms with Gasteiger partial charge >= 0.3 is 6.18 Å². The Kier molecular flexibility index (Phi) is 6.96. The van der Waals surface area contributed by atoms with Gasteiger partial charge in [-0.25, -0.2) is 0 Å². The van der Waals surface area contributed by atoms with E-state index in [1.165, 1.54) is 6.07 Å². The summed E-state index contributed by atoms with van der Waals surface area (Å²) in [7, 11) is 0. The molecule has 1 spiro atoms. The number of hydrogen-bond acceptors (Lipinski definition) is 4. The quantitative estimate of drug-likeness (QED) is 0.605. The first-order valence-electron chi connectivity index (χ1n) is 13.4. The number of nitrogens with one attached hydrogen (secondary N) is 1. The smallest absolute Gasteiger partial charge is 0.393 e. The molecule has 2 aliphatic heterocycles. The molecule has 2 N–H and O–H groups in total. The molecule has 36 heavy (non-hydrogen) atoms. The van der Waals surface area contributed by atoms with E-state index in [4.69, 9.17) is 0 Å². The minimum absolute atomic E-state index is 0.0580. The summed E-state index contributed by atoms with van der Waals surface area (Å²) in [6, 6.07) is 4.16. The predicted molar refractivity (Wildman–Crippen MR) is 131 cm³/mol. The number of nitrogens with zero attached hydrogens (tertiary/aromatic N) is 2. The van der Waals surface area contributed by atoms with Crippen molar-refractivity contribution in [2.24, 2.45) is 11.3 Å². The van der Waals surface area contributed by atoms with Crippen LogP contribution in [0.15, 0.2) is 18.2 Å². The number of benzene rings is 1. The molecule has 2 saturated heterocycles. The highest BCUT2D eigenvalue weighted by Gasteiger charge is 2.51. The van der Waals surface area contributed by atoms with Crippen molar-refractivity contribution >= 4 is 23.2 Å². The van der Waals surface area contributed by atoms with E-state index in [1.807, 2.05) is 4.90 Å². The largest absolute Gasteiger partial charge is 0.418 e. The molecular weight excluding hydrogens is 471 g/mol. The molecule has 6 nitrogen and oxygen atoms in total. The van der Waals surface area contributed by atoms with Gasteiger partial charge in [-0.2, -0.15) is 13.2 Å². The summed E-state index contributed by atoms with van der Waals surface area (Å²) >= 11 is 0. The molecule has 5 rings (SSSR count). The zero-order valence-electron chi connectivity index (χ0n) is 20.7. The van der Waals surface area contributed by atoms with E-state index < -0.39 is 17.2 Å². The van der Waals surface area contributed by atoms with Crippen molar-refractivity contribution in [3.05, 3.63) is 23.8 Å². The van der Waals surface area contributed by atoms with Crippen molar-refractivity contribution in [2.75, 3.05) is 29.9 Å². The number of alkyl halides is 3. The standard InChI is InChI=1S/C27H36F3N3O3/c28-27(29,30)22-16-19(31-24(35)18-4-1-2-5-18)6-11-23(22)32-14-3-12-26(17-32)13-15-33(25(26)36)20-7-9-21(34)10-8-20/h6,11,16,18,20-21,34H,1-5,7-10,12-15,17H2,(H,31,35)/t20-,21-,26-/m0/s1. The fourth-order valence-electron chi connectivity index (χ4n) is 6.83. The molecule has 0 radical (unpaired) electrons. The van der Waals surface area contributed by atoms with Gasteiger partial charge in [0, 0.05) is 43.0 Å². The van der Waals surface area contributed by atoms with E-state index in [2.05, 4.69) is 5.32 Å². The van der Waals surface area contributed by atoms with E-state index in [9.17, 15) is 27.9 Å². The minimum atomic E-state index is -4.58. The van der Waals surface area contributed by atoms with Crippen LogP contribution in [-0.2, 0) is 15.8 Å². The topological polar surface area (TPSA) is 72.9 Å². The van der Waals surface area contributed by atoms with Gasteiger partial charge in [0.1, 0.15) is 0 Å². The molecule has 2 saturated carbocycles. The van der Waals surface area contributed by atoms with Gasteiger partial charge in [0.05, 0.1) is 17.1 Å². The van der Waals surface area contributed by atoms with Gasteiger partial charge in [-0.05, 0) is 76.0 Å². The third-order valence-corrected chi connectivity index (χ3v) is 8.87.